The van der Waals surface area contributed by atoms with Gasteiger partial charge in [0.25, 0.3) is 0 Å². The first-order valence-electron chi connectivity index (χ1n) is 24.0. The topological polar surface area (TPSA) is 428 Å². The maximum atomic E-state index is 14.5. The number of nitrogens with two attached hydrogens (primary N) is 5. The summed E-state index contributed by atoms with van der Waals surface area (Å²) in [7, 11) is 0. The molecule has 8 amide bonds. The third-order valence-electron chi connectivity index (χ3n) is 11.7. The molecule has 4 rings (SSSR count). The molecule has 396 valence electrons. The number of carbonyl (C=O) groups is 8. The molecule has 25 nitrogen and oxygen atoms in total. The molecule has 0 fully saturated rings. The minimum absolute atomic E-state index is 0.0216. The number of unbranched alkanes of at least 4 members (excludes halogenated alkanes) is 1. The van der Waals surface area contributed by atoms with Crippen molar-refractivity contribution < 1.29 is 43.5 Å². The van der Waals surface area contributed by atoms with Gasteiger partial charge in [0, 0.05) is 54.8 Å². The highest BCUT2D eigenvalue weighted by atomic mass is 16.3. The number of aromatic nitrogens is 3. The van der Waals surface area contributed by atoms with Gasteiger partial charge in [-0.1, -0.05) is 62.4 Å². The van der Waals surface area contributed by atoms with Gasteiger partial charge in [0.2, 0.25) is 47.3 Å². The molecule has 0 spiro atoms. The maximum Gasteiger partial charge on any atom is 0.245 e. The van der Waals surface area contributed by atoms with E-state index in [4.69, 9.17) is 28.7 Å². The lowest BCUT2D eigenvalue weighted by molar-refractivity contribution is -0.135. The number of guanidine groups is 1. The minimum atomic E-state index is -1.51. The van der Waals surface area contributed by atoms with E-state index >= 15 is 0 Å². The molecule has 2 aromatic carbocycles. The number of primary amides is 1. The number of benzene rings is 2. The number of aliphatic hydroxyl groups excluding tert-OH is 1. The smallest absolute Gasteiger partial charge is 0.245 e. The number of aliphatic imine (C=N–C) groups is 1. The summed E-state index contributed by atoms with van der Waals surface area (Å²) >= 11 is 0. The number of hydrogen-bond acceptors (Lipinski definition) is 13. The summed E-state index contributed by atoms with van der Waals surface area (Å²) in [5.41, 5.74) is 31.1. The van der Waals surface area contributed by atoms with Gasteiger partial charge in [0.15, 0.2) is 5.96 Å². The first-order valence-corrected chi connectivity index (χ1v) is 24.0. The van der Waals surface area contributed by atoms with Crippen molar-refractivity contribution in [3.05, 3.63) is 90.1 Å². The van der Waals surface area contributed by atoms with Crippen LogP contribution in [0.4, 0.5) is 0 Å². The van der Waals surface area contributed by atoms with Gasteiger partial charge in [-0.25, -0.2) is 4.98 Å². The molecule has 2 heterocycles. The van der Waals surface area contributed by atoms with Crippen LogP contribution in [0.2, 0.25) is 0 Å². The Labute approximate surface area is 422 Å². The van der Waals surface area contributed by atoms with E-state index in [0.29, 0.717) is 29.7 Å². The first kappa shape index (κ1) is 57.7. The lowest BCUT2D eigenvalue weighted by atomic mass is 10.0. The molecular weight excluding hydrogens is 945 g/mol. The highest BCUT2D eigenvalue weighted by molar-refractivity contribution is 5.97. The van der Waals surface area contributed by atoms with Crippen molar-refractivity contribution in [1.29, 1.82) is 0 Å². The lowest BCUT2D eigenvalue weighted by Crippen LogP contribution is -2.59. The van der Waals surface area contributed by atoms with Crippen LogP contribution in [-0.2, 0) is 57.6 Å². The summed E-state index contributed by atoms with van der Waals surface area (Å²) in [5.74, 6) is -6.93. The minimum Gasteiger partial charge on any atom is -0.394 e. The third-order valence-corrected chi connectivity index (χ3v) is 11.7. The van der Waals surface area contributed by atoms with E-state index in [1.54, 1.807) is 56.4 Å². The van der Waals surface area contributed by atoms with Gasteiger partial charge in [-0.2, -0.15) is 0 Å². The monoisotopic (exact) mass is 1010 g/mol. The Hall–Kier alpha value is -7.90. The second kappa shape index (κ2) is 29.4. The number of fused-ring (bicyclic) bond motifs is 1. The van der Waals surface area contributed by atoms with Crippen LogP contribution in [0.3, 0.4) is 0 Å². The molecule has 0 unspecified atom stereocenters. The van der Waals surface area contributed by atoms with Gasteiger partial charge >= 0.3 is 0 Å². The van der Waals surface area contributed by atoms with E-state index in [0.717, 1.165) is 10.9 Å². The SMILES string of the molecule is CC(C)[C@H](NC(=O)[C@H](CO)NC(=O)[C@H](CCCCN)NC(=O)CNC(=O)[C@H](Cc1c[nH]c2ccccc12)NC(=O)[C@H](CCCN=C(N)N)NC(=O)[C@H](Cc1ccccc1)NC(=O)[C@@H](N)Cc1cnc[nH]1)C(N)=O. The van der Waals surface area contributed by atoms with E-state index < -0.39 is 109 Å². The summed E-state index contributed by atoms with van der Waals surface area (Å²) in [4.78, 5) is 122. The Bertz CT molecular complexity index is 2480. The third kappa shape index (κ3) is 19.0. The number of carbonyl (C=O) groups excluding carboxylic acids is 8. The summed E-state index contributed by atoms with van der Waals surface area (Å²) in [6, 6.07) is 7.31. The van der Waals surface area contributed by atoms with Crippen molar-refractivity contribution in [2.24, 2.45) is 39.6 Å². The Morgan fingerprint density at radius 2 is 1.27 bits per heavy atom. The number of hydrogen-bond donors (Lipinski definition) is 15. The van der Waals surface area contributed by atoms with Crippen LogP contribution in [0.15, 0.2) is 78.3 Å². The second-order valence-electron chi connectivity index (χ2n) is 17.8. The predicted molar refractivity (Wildman–Crippen MR) is 271 cm³/mol. The first-order chi connectivity index (χ1) is 34.9. The van der Waals surface area contributed by atoms with Gasteiger partial charge in [0.1, 0.15) is 36.3 Å². The van der Waals surface area contributed by atoms with Crippen molar-refractivity contribution in [3.8, 4) is 0 Å². The fourth-order valence-corrected chi connectivity index (χ4v) is 7.69. The summed E-state index contributed by atoms with van der Waals surface area (Å²) in [6.07, 6.45) is 5.73. The van der Waals surface area contributed by atoms with Crippen molar-refractivity contribution >= 4 is 64.1 Å². The molecule has 4 aromatic rings. The lowest BCUT2D eigenvalue weighted by Gasteiger charge is -2.26. The molecule has 2 aromatic heterocycles. The van der Waals surface area contributed by atoms with E-state index in [1.165, 1.54) is 12.5 Å². The average molecular weight is 1020 g/mol. The number of nitrogens with zero attached hydrogens (tertiary/aromatic N) is 2. The van der Waals surface area contributed by atoms with Crippen LogP contribution in [0, 0.1) is 5.92 Å². The van der Waals surface area contributed by atoms with Gasteiger partial charge < -0.3 is 81.0 Å². The fourth-order valence-electron chi connectivity index (χ4n) is 7.69. The normalized spacial score (nSPS) is 14.0. The molecule has 7 atom stereocenters. The molecule has 25 heteroatoms. The van der Waals surface area contributed by atoms with Crippen molar-refractivity contribution in [2.45, 2.75) is 108 Å². The molecule has 0 bridgehead atoms. The number of rotatable bonds is 31. The Balaban J connectivity index is 1.56. The van der Waals surface area contributed by atoms with E-state index in [9.17, 15) is 43.5 Å². The van der Waals surface area contributed by atoms with Gasteiger partial charge in [-0.05, 0) is 61.8 Å². The van der Waals surface area contributed by atoms with Crippen molar-refractivity contribution in [2.75, 3.05) is 26.2 Å². The fraction of sp³-hybridized carbons (Fsp3) is 0.458. The summed E-state index contributed by atoms with van der Waals surface area (Å²) in [5, 5.41) is 28.9. The molecule has 0 saturated heterocycles. The number of para-hydroxylation sites is 1. The van der Waals surface area contributed by atoms with Gasteiger partial charge in [-0.15, -0.1) is 0 Å². The zero-order valence-electron chi connectivity index (χ0n) is 41.0. The second-order valence-corrected chi connectivity index (χ2v) is 17.8. The highest BCUT2D eigenvalue weighted by Gasteiger charge is 2.33. The number of imidazole rings is 1. The van der Waals surface area contributed by atoms with Gasteiger partial charge in [-0.3, -0.25) is 43.3 Å². The van der Waals surface area contributed by atoms with Crippen LogP contribution < -0.4 is 65.9 Å². The van der Waals surface area contributed by atoms with Crippen LogP contribution >= 0.6 is 0 Å². The van der Waals surface area contributed by atoms with E-state index in [1.807, 2.05) is 18.2 Å². The number of nitrogens with one attached hydrogen (secondary N) is 9. The Kier molecular flexibility index (Phi) is 23.3. The molecular formula is C48H70N16O9. The molecule has 0 aliphatic carbocycles. The van der Waals surface area contributed by atoms with Crippen molar-refractivity contribution in [3.63, 3.8) is 0 Å². The molecule has 0 aliphatic heterocycles. The summed E-state index contributed by atoms with van der Waals surface area (Å²) < 4.78 is 0. The number of H-pyrrole nitrogens is 2. The largest absolute Gasteiger partial charge is 0.394 e. The molecule has 0 aliphatic rings. The molecule has 73 heavy (non-hydrogen) atoms. The average Bonchev–Trinajstić information content (AvgIpc) is 4.04. The van der Waals surface area contributed by atoms with Crippen LogP contribution in [0.1, 0.15) is 62.8 Å². The summed E-state index contributed by atoms with van der Waals surface area (Å²) in [6.45, 7) is 2.12. The maximum absolute atomic E-state index is 14.5. The Morgan fingerprint density at radius 3 is 1.92 bits per heavy atom. The number of aliphatic hydroxyl groups is 1. The van der Waals surface area contributed by atoms with Crippen molar-refractivity contribution in [1.82, 2.24) is 52.2 Å². The Morgan fingerprint density at radius 1 is 0.671 bits per heavy atom. The van der Waals surface area contributed by atoms with E-state index in [-0.39, 0.29) is 57.6 Å². The zero-order valence-corrected chi connectivity index (χ0v) is 41.0. The molecule has 20 N–H and O–H groups in total. The number of amides is 8. The number of aromatic amines is 2. The van der Waals surface area contributed by atoms with Gasteiger partial charge in [0.05, 0.1) is 25.5 Å². The molecule has 0 radical (unpaired) electrons. The standard InChI is InChI=1S/C48H70N16O9/c1-27(2)40(41(51)67)64-47(73)38(25-65)63-44(70)34(15-8-9-17-49)59-39(66)24-57-43(69)37(20-29-22-56-33-14-7-6-13-31(29)33)62-45(71)35(16-10-18-55-48(52)53)60-46(72)36(19-28-11-4-3-5-12-28)61-42(68)32(50)21-30-23-54-26-58-30/h3-7,11-14,22-23,26-27,32,34-38,40,56,65H,8-10,15-21,24-25,49-50H2,1-2H3,(H2,51,67)(H,54,58)(H,57,69)(H,59,66)(H,60,72)(H,61,68)(H,62,71)(H,63,70)(H,64,73)(H4,52,53,55)/t32-,34-,35-,36-,37-,38-,40-/m0/s1. The molecule has 0 saturated carbocycles. The highest BCUT2D eigenvalue weighted by Crippen LogP contribution is 2.20. The zero-order chi connectivity index (χ0) is 53.5. The predicted octanol–water partition coefficient (Wildman–Crippen LogP) is -3.41. The van der Waals surface area contributed by atoms with Crippen LogP contribution in [-0.4, -0.2) is 142 Å². The van der Waals surface area contributed by atoms with Crippen LogP contribution in [0.25, 0.3) is 10.9 Å². The van der Waals surface area contributed by atoms with Crippen LogP contribution in [0.5, 0.6) is 0 Å². The quantitative estimate of drug-likeness (QED) is 0.0133. The van der Waals surface area contributed by atoms with E-state index in [2.05, 4.69) is 57.2 Å².